The van der Waals surface area contributed by atoms with Gasteiger partial charge in [0.2, 0.25) is 0 Å². The van der Waals surface area contributed by atoms with Crippen LogP contribution in [0.5, 0.6) is 0 Å². The van der Waals surface area contributed by atoms with Crippen LogP contribution in [0.15, 0.2) is 30.3 Å². The highest BCUT2D eigenvalue weighted by Gasteiger charge is 2.17. The van der Waals surface area contributed by atoms with Crippen LogP contribution in [0.2, 0.25) is 5.02 Å². The van der Waals surface area contributed by atoms with E-state index in [-0.39, 0.29) is 6.04 Å². The van der Waals surface area contributed by atoms with E-state index >= 15 is 0 Å². The number of aromatic nitrogens is 1. The Morgan fingerprint density at radius 1 is 1.27 bits per heavy atom. The predicted molar refractivity (Wildman–Crippen MR) is 89.1 cm³/mol. The molecule has 22 heavy (non-hydrogen) atoms. The van der Waals surface area contributed by atoms with Gasteiger partial charge in [0.1, 0.15) is 11.9 Å². The molecule has 3 nitrogen and oxygen atoms in total. The molecule has 0 saturated carbocycles. The SMILES string of the molecule is CC(Nc1nc2c(cc1C#N)CCCC2)c1ccccc1Cl. The van der Waals surface area contributed by atoms with Gasteiger partial charge < -0.3 is 5.32 Å². The monoisotopic (exact) mass is 311 g/mol. The van der Waals surface area contributed by atoms with Gasteiger partial charge in [-0.1, -0.05) is 29.8 Å². The van der Waals surface area contributed by atoms with Gasteiger partial charge in [-0.25, -0.2) is 4.98 Å². The summed E-state index contributed by atoms with van der Waals surface area (Å²) in [5.41, 5.74) is 3.96. The second-order valence-electron chi connectivity index (χ2n) is 5.70. The van der Waals surface area contributed by atoms with Crippen molar-refractivity contribution in [3.63, 3.8) is 0 Å². The summed E-state index contributed by atoms with van der Waals surface area (Å²) in [5, 5.41) is 13.5. The molecular weight excluding hydrogens is 294 g/mol. The average Bonchev–Trinajstić information content (AvgIpc) is 2.54. The lowest BCUT2D eigenvalue weighted by Gasteiger charge is -2.20. The maximum Gasteiger partial charge on any atom is 0.144 e. The minimum atomic E-state index is -0.00468. The second kappa shape index (κ2) is 6.37. The van der Waals surface area contributed by atoms with Gasteiger partial charge in [-0.3, -0.25) is 0 Å². The number of anilines is 1. The predicted octanol–water partition coefficient (Wildman–Crippen LogP) is 4.66. The Hall–Kier alpha value is -2.05. The van der Waals surface area contributed by atoms with Crippen molar-refractivity contribution in [3.05, 3.63) is 57.7 Å². The molecule has 4 heteroatoms. The Morgan fingerprint density at radius 2 is 2.05 bits per heavy atom. The number of fused-ring (bicyclic) bond motifs is 1. The first-order chi connectivity index (χ1) is 10.7. The summed E-state index contributed by atoms with van der Waals surface area (Å²) in [7, 11) is 0. The number of nitrogens with zero attached hydrogens (tertiary/aromatic N) is 2. The molecule has 0 radical (unpaired) electrons. The summed E-state index contributed by atoms with van der Waals surface area (Å²) in [5.74, 6) is 0.663. The van der Waals surface area contributed by atoms with Crippen molar-refractivity contribution in [2.24, 2.45) is 0 Å². The molecule has 1 N–H and O–H groups in total. The molecule has 2 aromatic rings. The molecule has 0 saturated heterocycles. The maximum atomic E-state index is 9.40. The number of rotatable bonds is 3. The van der Waals surface area contributed by atoms with E-state index in [1.54, 1.807) is 0 Å². The fourth-order valence-electron chi connectivity index (χ4n) is 2.94. The molecule has 1 aliphatic rings. The smallest absolute Gasteiger partial charge is 0.144 e. The van der Waals surface area contributed by atoms with Crippen LogP contribution in [-0.2, 0) is 12.8 Å². The maximum absolute atomic E-state index is 9.40. The first kappa shape index (κ1) is 14.9. The topological polar surface area (TPSA) is 48.7 Å². The zero-order chi connectivity index (χ0) is 15.5. The van der Waals surface area contributed by atoms with Gasteiger partial charge in [0, 0.05) is 10.7 Å². The van der Waals surface area contributed by atoms with Crippen molar-refractivity contribution in [1.82, 2.24) is 4.98 Å². The quantitative estimate of drug-likeness (QED) is 0.897. The van der Waals surface area contributed by atoms with Gasteiger partial charge in [0.15, 0.2) is 0 Å². The molecule has 1 aromatic carbocycles. The molecular formula is C18H18ClN3. The van der Waals surface area contributed by atoms with E-state index in [2.05, 4.69) is 11.4 Å². The first-order valence-corrected chi connectivity index (χ1v) is 8.00. The van der Waals surface area contributed by atoms with E-state index in [1.165, 1.54) is 18.4 Å². The number of nitriles is 1. The van der Waals surface area contributed by atoms with E-state index in [4.69, 9.17) is 16.6 Å². The Bertz CT molecular complexity index is 734. The van der Waals surface area contributed by atoms with Crippen molar-refractivity contribution in [2.75, 3.05) is 5.32 Å². The molecule has 0 fully saturated rings. The highest BCUT2D eigenvalue weighted by atomic mass is 35.5. The molecule has 1 unspecified atom stereocenters. The fraction of sp³-hybridized carbons (Fsp3) is 0.333. The van der Waals surface area contributed by atoms with Crippen molar-refractivity contribution in [1.29, 1.82) is 5.26 Å². The molecule has 3 rings (SSSR count). The number of pyridine rings is 1. The van der Waals surface area contributed by atoms with E-state index < -0.39 is 0 Å². The Balaban J connectivity index is 1.92. The van der Waals surface area contributed by atoms with Gasteiger partial charge in [0.05, 0.1) is 11.6 Å². The largest absolute Gasteiger partial charge is 0.362 e. The van der Waals surface area contributed by atoms with Gasteiger partial charge >= 0.3 is 0 Å². The number of halogens is 1. The number of aryl methyl sites for hydroxylation is 2. The minimum absolute atomic E-state index is 0.00468. The summed E-state index contributed by atoms with van der Waals surface area (Å²) in [6, 6.07) is 12.0. The summed E-state index contributed by atoms with van der Waals surface area (Å²) in [6.07, 6.45) is 4.38. The van der Waals surface area contributed by atoms with E-state index in [9.17, 15) is 5.26 Å². The van der Waals surface area contributed by atoms with Gasteiger partial charge in [0.25, 0.3) is 0 Å². The second-order valence-corrected chi connectivity index (χ2v) is 6.10. The lowest BCUT2D eigenvalue weighted by Crippen LogP contribution is -2.13. The van der Waals surface area contributed by atoms with Crippen molar-refractivity contribution in [2.45, 2.75) is 38.6 Å². The normalized spacial score (nSPS) is 14.8. The molecule has 0 bridgehead atoms. The van der Waals surface area contributed by atoms with Crippen LogP contribution in [0.3, 0.4) is 0 Å². The van der Waals surface area contributed by atoms with Crippen molar-refractivity contribution >= 4 is 17.4 Å². The van der Waals surface area contributed by atoms with E-state index in [0.29, 0.717) is 11.4 Å². The van der Waals surface area contributed by atoms with Crippen LogP contribution in [0.1, 0.15) is 48.2 Å². The van der Waals surface area contributed by atoms with Crippen molar-refractivity contribution < 1.29 is 0 Å². The van der Waals surface area contributed by atoms with Crippen LogP contribution < -0.4 is 5.32 Å². The third-order valence-corrected chi connectivity index (χ3v) is 4.49. The summed E-state index contributed by atoms with van der Waals surface area (Å²) in [4.78, 5) is 4.70. The third-order valence-electron chi connectivity index (χ3n) is 4.15. The molecule has 0 amide bonds. The first-order valence-electron chi connectivity index (χ1n) is 7.63. The average molecular weight is 312 g/mol. The molecule has 0 spiro atoms. The summed E-state index contributed by atoms with van der Waals surface area (Å²) in [6.45, 7) is 2.03. The third kappa shape index (κ3) is 2.93. The van der Waals surface area contributed by atoms with Gasteiger partial charge in [-0.2, -0.15) is 5.26 Å². The highest BCUT2D eigenvalue weighted by Crippen LogP contribution is 2.29. The Kier molecular flexibility index (Phi) is 4.31. The molecule has 1 aromatic heterocycles. The van der Waals surface area contributed by atoms with E-state index in [1.807, 2.05) is 37.3 Å². The van der Waals surface area contributed by atoms with Gasteiger partial charge in [-0.15, -0.1) is 0 Å². The van der Waals surface area contributed by atoms with Crippen LogP contribution in [-0.4, -0.2) is 4.98 Å². The standard InChI is InChI=1S/C18H18ClN3/c1-12(15-7-3-4-8-16(15)19)21-18-14(11-20)10-13-6-2-5-9-17(13)22-18/h3-4,7-8,10,12H,2,5-6,9H2,1H3,(H,21,22). The highest BCUT2D eigenvalue weighted by molar-refractivity contribution is 6.31. The zero-order valence-corrected chi connectivity index (χ0v) is 13.3. The molecule has 1 atom stereocenters. The summed E-state index contributed by atoms with van der Waals surface area (Å²) < 4.78 is 0. The number of hydrogen-bond donors (Lipinski definition) is 1. The van der Waals surface area contributed by atoms with Crippen LogP contribution in [0.25, 0.3) is 0 Å². The Morgan fingerprint density at radius 3 is 2.82 bits per heavy atom. The fourth-order valence-corrected chi connectivity index (χ4v) is 3.24. The zero-order valence-electron chi connectivity index (χ0n) is 12.6. The van der Waals surface area contributed by atoms with Crippen LogP contribution >= 0.6 is 11.6 Å². The molecule has 0 aliphatic heterocycles. The molecule has 1 aliphatic carbocycles. The lowest BCUT2D eigenvalue weighted by atomic mass is 9.95. The number of benzene rings is 1. The van der Waals surface area contributed by atoms with Crippen molar-refractivity contribution in [3.8, 4) is 6.07 Å². The van der Waals surface area contributed by atoms with Gasteiger partial charge in [-0.05, 0) is 55.9 Å². The van der Waals surface area contributed by atoms with Crippen LogP contribution in [0, 0.1) is 11.3 Å². The van der Waals surface area contributed by atoms with E-state index in [0.717, 1.165) is 29.1 Å². The lowest BCUT2D eigenvalue weighted by molar-refractivity contribution is 0.667. The molecule has 1 heterocycles. The number of hydrogen-bond acceptors (Lipinski definition) is 3. The van der Waals surface area contributed by atoms with Crippen LogP contribution in [0.4, 0.5) is 5.82 Å². The Labute approximate surface area is 136 Å². The minimum Gasteiger partial charge on any atom is -0.362 e. The molecule has 112 valence electrons. The number of nitrogens with one attached hydrogen (secondary N) is 1. The summed E-state index contributed by atoms with van der Waals surface area (Å²) >= 11 is 6.25.